The molecule has 0 aliphatic heterocycles. The van der Waals surface area contributed by atoms with E-state index >= 15 is 0 Å². The minimum absolute atomic E-state index is 0.301. The maximum atomic E-state index is 10.9. The van der Waals surface area contributed by atoms with Crippen molar-refractivity contribution in [2.75, 3.05) is 31.9 Å². The van der Waals surface area contributed by atoms with Gasteiger partial charge >= 0.3 is 5.13 Å². The molecule has 0 fully saturated rings. The summed E-state index contributed by atoms with van der Waals surface area (Å²) in [6.07, 6.45) is 0.846. The number of benzene rings is 2. The summed E-state index contributed by atoms with van der Waals surface area (Å²) < 4.78 is 40.9. The first kappa shape index (κ1) is 22.1. The second-order valence-corrected chi connectivity index (χ2v) is 9.48. The molecule has 0 amide bonds. The third-order valence-electron chi connectivity index (χ3n) is 4.53. The number of nitrogens with zero attached hydrogens (tertiary/aromatic N) is 4. The first-order valence-corrected chi connectivity index (χ1v) is 11.8. The van der Waals surface area contributed by atoms with E-state index in [9.17, 15) is 13.0 Å². The Hall–Kier alpha value is -2.56. The summed E-state index contributed by atoms with van der Waals surface area (Å²) in [6, 6.07) is 13.5. The van der Waals surface area contributed by atoms with E-state index in [0.29, 0.717) is 24.5 Å². The lowest BCUT2D eigenvalue weighted by Crippen LogP contribution is -2.32. The van der Waals surface area contributed by atoms with Gasteiger partial charge in [0, 0.05) is 31.6 Å². The van der Waals surface area contributed by atoms with Gasteiger partial charge in [-0.25, -0.2) is 13.0 Å². The van der Waals surface area contributed by atoms with E-state index in [2.05, 4.69) is 10.2 Å². The van der Waals surface area contributed by atoms with E-state index in [1.165, 1.54) is 11.3 Å². The number of hydrogen-bond acceptors (Lipinski definition) is 8. The predicted octanol–water partition coefficient (Wildman–Crippen LogP) is 4.00. The highest BCUT2D eigenvalue weighted by Gasteiger charge is 2.20. The standard InChI is InChI=1S/C20H24N4O4S2/c1-23(2)16-8-6-15(7-9-16)21-22-20-24(12-4-5-13-30(25,26)27)18-11-10-17(28-3)14-19(18)29-20/h6-11,14H,4-5,12-13H2,1-3H3. The fourth-order valence-electron chi connectivity index (χ4n) is 2.94. The van der Waals surface area contributed by atoms with E-state index in [1.807, 2.05) is 66.0 Å². The van der Waals surface area contributed by atoms with Crippen LogP contribution >= 0.6 is 11.3 Å². The fourth-order valence-corrected chi connectivity index (χ4v) is 4.53. The summed E-state index contributed by atoms with van der Waals surface area (Å²) in [5.74, 6) is 0.384. The largest absolute Gasteiger partial charge is 0.748 e. The molecule has 0 atom stereocenters. The van der Waals surface area contributed by atoms with Crippen LogP contribution in [0.15, 0.2) is 52.7 Å². The number of anilines is 1. The number of aromatic nitrogens is 1. The van der Waals surface area contributed by atoms with Crippen LogP contribution in [0.1, 0.15) is 12.8 Å². The number of methoxy groups -OCH3 is 1. The maximum Gasteiger partial charge on any atom is 0.409 e. The van der Waals surface area contributed by atoms with Gasteiger partial charge in [0.05, 0.1) is 33.6 Å². The average molecular weight is 449 g/mol. The lowest BCUT2D eigenvalue weighted by atomic mass is 10.3. The highest BCUT2D eigenvalue weighted by molar-refractivity contribution is 7.85. The molecule has 0 saturated heterocycles. The molecule has 0 bridgehead atoms. The Kier molecular flexibility index (Phi) is 7.01. The van der Waals surface area contributed by atoms with Crippen molar-refractivity contribution in [1.82, 2.24) is 0 Å². The summed E-state index contributed by atoms with van der Waals surface area (Å²) in [5.41, 5.74) is 2.77. The third kappa shape index (κ3) is 5.74. The second kappa shape index (κ2) is 9.50. The molecular weight excluding hydrogens is 424 g/mol. The van der Waals surface area contributed by atoms with Gasteiger partial charge in [-0.15, -0.1) is 0 Å². The highest BCUT2D eigenvalue weighted by atomic mass is 32.2. The van der Waals surface area contributed by atoms with Gasteiger partial charge in [-0.05, 0) is 65.7 Å². The number of aryl methyl sites for hydroxylation is 1. The summed E-state index contributed by atoms with van der Waals surface area (Å²) in [7, 11) is 1.36. The molecule has 0 aliphatic carbocycles. The van der Waals surface area contributed by atoms with Crippen LogP contribution in [0.5, 0.6) is 5.75 Å². The van der Waals surface area contributed by atoms with E-state index < -0.39 is 10.1 Å². The minimum atomic E-state index is -4.20. The van der Waals surface area contributed by atoms with Crippen molar-refractivity contribution in [3.05, 3.63) is 42.5 Å². The molecule has 30 heavy (non-hydrogen) atoms. The summed E-state index contributed by atoms with van der Waals surface area (Å²) >= 11 is 1.48. The molecule has 3 rings (SSSR count). The smallest absolute Gasteiger partial charge is 0.409 e. The molecular formula is C20H24N4O4S2. The zero-order chi connectivity index (χ0) is 21.7. The Balaban J connectivity index is 1.87. The van der Waals surface area contributed by atoms with Crippen LogP contribution in [0.2, 0.25) is 0 Å². The Bertz CT molecular complexity index is 1140. The Morgan fingerprint density at radius 2 is 1.83 bits per heavy atom. The van der Waals surface area contributed by atoms with Gasteiger partial charge in [0.15, 0.2) is 0 Å². The molecule has 10 heteroatoms. The summed E-state index contributed by atoms with van der Waals surface area (Å²) in [6.45, 7) is 0.537. The van der Waals surface area contributed by atoms with Gasteiger partial charge in [0.2, 0.25) is 0 Å². The van der Waals surface area contributed by atoms with Crippen LogP contribution in [-0.2, 0) is 16.7 Å². The van der Waals surface area contributed by atoms with Crippen LogP contribution in [0.4, 0.5) is 16.5 Å². The van der Waals surface area contributed by atoms with Gasteiger partial charge in [-0.2, -0.15) is 0 Å². The van der Waals surface area contributed by atoms with Gasteiger partial charge in [0.25, 0.3) is 0 Å². The van der Waals surface area contributed by atoms with E-state index in [0.717, 1.165) is 27.3 Å². The molecule has 8 nitrogen and oxygen atoms in total. The van der Waals surface area contributed by atoms with E-state index in [-0.39, 0.29) is 5.75 Å². The second-order valence-electron chi connectivity index (χ2n) is 6.95. The number of thiazole rings is 1. The van der Waals surface area contributed by atoms with Crippen molar-refractivity contribution in [3.63, 3.8) is 0 Å². The number of azo groups is 1. The van der Waals surface area contributed by atoms with Crippen LogP contribution < -0.4 is 14.2 Å². The molecule has 0 saturated carbocycles. The van der Waals surface area contributed by atoms with Crippen molar-refractivity contribution in [2.45, 2.75) is 19.4 Å². The quantitative estimate of drug-likeness (QED) is 0.213. The normalized spacial score (nSPS) is 12.0. The van der Waals surface area contributed by atoms with Crippen molar-refractivity contribution >= 4 is 48.2 Å². The molecule has 2 aromatic carbocycles. The molecule has 0 N–H and O–H groups in total. The van der Waals surface area contributed by atoms with Crippen molar-refractivity contribution < 1.29 is 22.3 Å². The van der Waals surface area contributed by atoms with Gasteiger partial charge in [-0.3, -0.25) is 0 Å². The van der Waals surface area contributed by atoms with E-state index in [4.69, 9.17) is 4.74 Å². The topological polar surface area (TPSA) is 98.3 Å². The lowest BCUT2D eigenvalue weighted by Gasteiger charge is -2.11. The van der Waals surface area contributed by atoms with Crippen LogP contribution in [0.25, 0.3) is 10.2 Å². The number of ether oxygens (including phenoxy) is 1. The summed E-state index contributed by atoms with van der Waals surface area (Å²) in [5, 5.41) is 9.50. The number of hydrogen-bond donors (Lipinski definition) is 0. The molecule has 160 valence electrons. The van der Waals surface area contributed by atoms with Gasteiger partial charge in [-0.1, -0.05) is 0 Å². The SMILES string of the molecule is COc1ccc2c(c1)sc(N=Nc1ccc(N(C)C)cc1)[n+]2CCCCS(=O)(=O)[O-]. The molecule has 0 aliphatic rings. The molecule has 1 heterocycles. The fraction of sp³-hybridized carbons (Fsp3) is 0.350. The van der Waals surface area contributed by atoms with E-state index in [1.54, 1.807) is 7.11 Å². The first-order valence-electron chi connectivity index (χ1n) is 9.40. The summed E-state index contributed by atoms with van der Waals surface area (Å²) in [4.78, 5) is 2.01. The number of fused-ring (bicyclic) bond motifs is 1. The number of rotatable bonds is 9. The van der Waals surface area contributed by atoms with Crippen LogP contribution in [-0.4, -0.2) is 39.9 Å². The third-order valence-corrected chi connectivity index (χ3v) is 6.35. The van der Waals surface area contributed by atoms with Crippen molar-refractivity contribution in [1.29, 1.82) is 0 Å². The van der Waals surface area contributed by atoms with Crippen LogP contribution in [0, 0.1) is 0 Å². The Morgan fingerprint density at radius 1 is 1.10 bits per heavy atom. The molecule has 1 aromatic heterocycles. The molecule has 0 radical (unpaired) electrons. The van der Waals surface area contributed by atoms with Gasteiger partial charge < -0.3 is 14.2 Å². The van der Waals surface area contributed by atoms with Crippen molar-refractivity contribution in [3.8, 4) is 5.75 Å². The Morgan fingerprint density at radius 3 is 2.47 bits per heavy atom. The zero-order valence-electron chi connectivity index (χ0n) is 17.1. The lowest BCUT2D eigenvalue weighted by molar-refractivity contribution is -0.655. The zero-order valence-corrected chi connectivity index (χ0v) is 18.7. The predicted molar refractivity (Wildman–Crippen MR) is 117 cm³/mol. The Labute approximate surface area is 180 Å². The molecule has 0 unspecified atom stereocenters. The minimum Gasteiger partial charge on any atom is -0.748 e. The number of unbranched alkanes of at least 4 members (excludes halogenated alkanes) is 1. The monoisotopic (exact) mass is 448 g/mol. The van der Waals surface area contributed by atoms with Gasteiger partial charge in [0.1, 0.15) is 17.0 Å². The van der Waals surface area contributed by atoms with Crippen LogP contribution in [0.3, 0.4) is 0 Å². The average Bonchev–Trinajstić information content (AvgIpc) is 3.05. The first-order chi connectivity index (χ1) is 14.3. The highest BCUT2D eigenvalue weighted by Crippen LogP contribution is 2.31. The molecule has 0 spiro atoms. The molecule has 3 aromatic rings. The van der Waals surface area contributed by atoms with Crippen molar-refractivity contribution in [2.24, 2.45) is 10.2 Å². The maximum absolute atomic E-state index is 10.9.